The molecule has 0 atom stereocenters. The van der Waals surface area contributed by atoms with Crippen LogP contribution in [0.5, 0.6) is 0 Å². The van der Waals surface area contributed by atoms with Crippen molar-refractivity contribution < 1.29 is 13.0 Å². The maximum atomic E-state index is 14.1. The van der Waals surface area contributed by atoms with Gasteiger partial charge in [0.2, 0.25) is 0 Å². The molecule has 0 saturated heterocycles. The number of hydrogen-bond acceptors (Lipinski definition) is 5. The highest BCUT2D eigenvalue weighted by molar-refractivity contribution is 7.85. The van der Waals surface area contributed by atoms with Gasteiger partial charge in [0.1, 0.15) is 11.6 Å². The van der Waals surface area contributed by atoms with Gasteiger partial charge in [-0.2, -0.15) is 0 Å². The second-order valence-electron chi connectivity index (χ2n) is 7.24. The average molecular weight is 451 g/mol. The zero-order valence-corrected chi connectivity index (χ0v) is 17.6. The van der Waals surface area contributed by atoms with Gasteiger partial charge in [-0.3, -0.25) is 0 Å². The maximum absolute atomic E-state index is 14.1. The molecule has 162 valence electrons. The number of rotatable bonds is 4. The zero-order valence-electron chi connectivity index (χ0n) is 16.8. The summed E-state index contributed by atoms with van der Waals surface area (Å²) >= 11 is 0. The maximum Gasteiger partial charge on any atom is 0.123 e. The van der Waals surface area contributed by atoms with Crippen LogP contribution in [-0.2, 0) is 10.8 Å². The van der Waals surface area contributed by atoms with E-state index in [9.17, 15) is 13.0 Å². The van der Waals surface area contributed by atoms with Crippen LogP contribution in [0.2, 0.25) is 0 Å². The molecule has 4 aromatic rings. The number of benzene rings is 4. The first kappa shape index (κ1) is 21.3. The third-order valence-electron chi connectivity index (χ3n) is 5.08. The highest BCUT2D eigenvalue weighted by Crippen LogP contribution is 2.36. The van der Waals surface area contributed by atoms with Gasteiger partial charge in [-0.15, -0.1) is 0 Å². The molecule has 0 spiro atoms. The van der Waals surface area contributed by atoms with Gasteiger partial charge < -0.3 is 22.9 Å². The van der Waals surface area contributed by atoms with Crippen LogP contribution in [0.3, 0.4) is 0 Å². The van der Waals surface area contributed by atoms with E-state index in [1.807, 2.05) is 0 Å². The van der Waals surface area contributed by atoms with Gasteiger partial charge in [0, 0.05) is 11.1 Å². The van der Waals surface area contributed by atoms with Gasteiger partial charge in [0.05, 0.1) is 43.3 Å². The predicted octanol–water partition coefficient (Wildman–Crippen LogP) is 4.79. The molecule has 0 bridgehead atoms. The summed E-state index contributed by atoms with van der Waals surface area (Å²) in [4.78, 5) is 0.679. The SMILES string of the molecule is Nc1ccc(-c2cc(F)ccc2S(=O)c2ccc(F)cc2-c2ccc(N)c(N)c2)cc1N. The molecule has 4 aromatic carbocycles. The van der Waals surface area contributed by atoms with E-state index in [1.54, 1.807) is 36.4 Å². The topological polar surface area (TPSA) is 121 Å². The van der Waals surface area contributed by atoms with Crippen molar-refractivity contribution in [3.63, 3.8) is 0 Å². The molecule has 0 unspecified atom stereocenters. The fourth-order valence-electron chi connectivity index (χ4n) is 3.38. The second-order valence-corrected chi connectivity index (χ2v) is 8.65. The summed E-state index contributed by atoms with van der Waals surface area (Å²) in [7, 11) is -1.79. The lowest BCUT2D eigenvalue weighted by molar-refractivity contribution is 0.626. The average Bonchev–Trinajstić information content (AvgIpc) is 2.77. The van der Waals surface area contributed by atoms with Crippen molar-refractivity contribution in [1.29, 1.82) is 0 Å². The monoisotopic (exact) mass is 450 g/mol. The van der Waals surface area contributed by atoms with Crippen LogP contribution in [0.4, 0.5) is 31.5 Å². The van der Waals surface area contributed by atoms with Gasteiger partial charge in [0.25, 0.3) is 0 Å². The Morgan fingerprint density at radius 3 is 1.31 bits per heavy atom. The van der Waals surface area contributed by atoms with Crippen LogP contribution in [0.25, 0.3) is 22.3 Å². The fraction of sp³-hybridized carbons (Fsp3) is 0. The molecule has 0 saturated carbocycles. The van der Waals surface area contributed by atoms with Crippen molar-refractivity contribution >= 4 is 33.5 Å². The van der Waals surface area contributed by atoms with Crippen molar-refractivity contribution in [3.05, 3.63) is 84.4 Å². The molecule has 4 rings (SSSR count). The summed E-state index contributed by atoms with van der Waals surface area (Å²) in [6, 6.07) is 17.6. The predicted molar refractivity (Wildman–Crippen MR) is 126 cm³/mol. The largest absolute Gasteiger partial charge is 0.397 e. The third-order valence-corrected chi connectivity index (χ3v) is 6.59. The molecule has 0 aromatic heterocycles. The Kier molecular flexibility index (Phi) is 5.54. The van der Waals surface area contributed by atoms with E-state index in [1.165, 1.54) is 36.4 Å². The van der Waals surface area contributed by atoms with Crippen LogP contribution in [0, 0.1) is 11.6 Å². The van der Waals surface area contributed by atoms with Crippen LogP contribution >= 0.6 is 0 Å². The van der Waals surface area contributed by atoms with Crippen LogP contribution < -0.4 is 22.9 Å². The van der Waals surface area contributed by atoms with E-state index in [0.29, 0.717) is 54.8 Å². The van der Waals surface area contributed by atoms with Gasteiger partial charge >= 0.3 is 0 Å². The number of nitrogen functional groups attached to an aromatic ring is 4. The first-order valence-electron chi connectivity index (χ1n) is 9.56. The Morgan fingerprint density at radius 2 is 0.938 bits per heavy atom. The fourth-order valence-corrected chi connectivity index (χ4v) is 4.76. The Bertz CT molecular complexity index is 1270. The van der Waals surface area contributed by atoms with Crippen molar-refractivity contribution in [2.75, 3.05) is 22.9 Å². The van der Waals surface area contributed by atoms with Gasteiger partial charge in [-0.1, -0.05) is 12.1 Å². The minimum atomic E-state index is -1.79. The first-order chi connectivity index (χ1) is 15.2. The lowest BCUT2D eigenvalue weighted by atomic mass is 10.0. The minimum Gasteiger partial charge on any atom is -0.397 e. The van der Waals surface area contributed by atoms with E-state index < -0.39 is 22.4 Å². The zero-order chi connectivity index (χ0) is 23.0. The molecule has 0 fully saturated rings. The van der Waals surface area contributed by atoms with Crippen molar-refractivity contribution in [2.45, 2.75) is 9.79 Å². The van der Waals surface area contributed by atoms with Gasteiger partial charge in [-0.25, -0.2) is 13.0 Å². The third kappa shape index (κ3) is 4.00. The first-order valence-corrected chi connectivity index (χ1v) is 10.7. The number of halogens is 2. The highest BCUT2D eigenvalue weighted by atomic mass is 32.2. The second kappa shape index (κ2) is 8.32. The molecule has 32 heavy (non-hydrogen) atoms. The van der Waals surface area contributed by atoms with Gasteiger partial charge in [0.15, 0.2) is 0 Å². The Hall–Kier alpha value is -3.91. The van der Waals surface area contributed by atoms with Crippen molar-refractivity contribution in [1.82, 2.24) is 0 Å². The van der Waals surface area contributed by atoms with Crippen LogP contribution in [0.1, 0.15) is 0 Å². The van der Waals surface area contributed by atoms with E-state index in [-0.39, 0.29) is 0 Å². The summed E-state index contributed by atoms with van der Waals surface area (Å²) in [6.07, 6.45) is 0. The van der Waals surface area contributed by atoms with E-state index in [2.05, 4.69) is 0 Å². The molecule has 0 aliphatic carbocycles. The molecule has 8 heteroatoms. The minimum absolute atomic E-state index is 0.323. The van der Waals surface area contributed by atoms with Crippen LogP contribution in [0.15, 0.2) is 82.6 Å². The molecular weight excluding hydrogens is 430 g/mol. The standard InChI is InChI=1S/C24H20F2N4OS/c25-15-3-7-23(17(11-15)13-1-5-19(27)21(29)9-13)32(31)24-8-4-16(26)12-18(24)14-2-6-20(28)22(30)10-14/h1-12H,27-30H2. The number of hydrogen-bond donors (Lipinski definition) is 4. The molecule has 0 aliphatic rings. The summed E-state index contributed by atoms with van der Waals surface area (Å²) in [5.74, 6) is -0.997. The molecule has 5 nitrogen and oxygen atoms in total. The van der Waals surface area contributed by atoms with E-state index in [0.717, 1.165) is 0 Å². The Morgan fingerprint density at radius 1 is 0.531 bits per heavy atom. The van der Waals surface area contributed by atoms with E-state index in [4.69, 9.17) is 22.9 Å². The summed E-state index contributed by atoms with van der Waals surface area (Å²) in [5.41, 5.74) is 26.7. The molecule has 8 N–H and O–H groups in total. The molecule has 0 heterocycles. The quantitative estimate of drug-likeness (QED) is 0.333. The molecule has 0 radical (unpaired) electrons. The number of anilines is 4. The molecular formula is C24H20F2N4OS. The molecule has 0 aliphatic heterocycles. The summed E-state index contributed by atoms with van der Waals surface area (Å²) in [5, 5.41) is 0. The normalized spacial score (nSPS) is 11.1. The summed E-state index contributed by atoms with van der Waals surface area (Å²) < 4.78 is 42.0. The van der Waals surface area contributed by atoms with Crippen LogP contribution in [-0.4, -0.2) is 4.21 Å². The lowest BCUT2D eigenvalue weighted by Crippen LogP contribution is -2.01. The van der Waals surface area contributed by atoms with Crippen molar-refractivity contribution in [2.24, 2.45) is 0 Å². The smallest absolute Gasteiger partial charge is 0.123 e. The lowest BCUT2D eigenvalue weighted by Gasteiger charge is -2.15. The summed E-state index contributed by atoms with van der Waals surface area (Å²) in [6.45, 7) is 0. The van der Waals surface area contributed by atoms with Gasteiger partial charge in [-0.05, 0) is 71.8 Å². The Labute approximate surface area is 186 Å². The molecule has 0 amide bonds. The van der Waals surface area contributed by atoms with Crippen molar-refractivity contribution in [3.8, 4) is 22.3 Å². The number of nitrogens with two attached hydrogens (primary N) is 4. The highest BCUT2D eigenvalue weighted by Gasteiger charge is 2.19. The van der Waals surface area contributed by atoms with E-state index >= 15 is 0 Å². The Balaban J connectivity index is 1.89.